The molecular weight excluding hydrogens is 305 g/mol. The lowest BCUT2D eigenvalue weighted by Crippen LogP contribution is -2.12. The Kier molecular flexibility index (Phi) is 4.46. The summed E-state index contributed by atoms with van der Waals surface area (Å²) in [7, 11) is 0. The molecule has 1 unspecified atom stereocenters. The number of aromatic nitrogens is 2. The highest BCUT2D eigenvalue weighted by atomic mass is 35.5. The second-order valence-corrected chi connectivity index (χ2v) is 5.69. The van der Waals surface area contributed by atoms with Gasteiger partial charge in [-0.3, -0.25) is 0 Å². The quantitative estimate of drug-likeness (QED) is 0.593. The number of nitrogens with one attached hydrogen (secondary N) is 2. The van der Waals surface area contributed by atoms with Gasteiger partial charge in [0.25, 0.3) is 0 Å². The fourth-order valence-corrected chi connectivity index (χ4v) is 2.78. The third-order valence-corrected chi connectivity index (χ3v) is 4.15. The first kappa shape index (κ1) is 14.3. The van der Waals surface area contributed by atoms with E-state index < -0.39 is 0 Å². The van der Waals surface area contributed by atoms with Gasteiger partial charge in [-0.25, -0.2) is 15.8 Å². The molecule has 0 saturated heterocycles. The third kappa shape index (κ3) is 3.27. The molecule has 2 rings (SSSR count). The topological polar surface area (TPSA) is 75.9 Å². The van der Waals surface area contributed by atoms with E-state index in [9.17, 15) is 0 Å². The van der Waals surface area contributed by atoms with E-state index in [2.05, 4.69) is 20.7 Å². The van der Waals surface area contributed by atoms with Crippen molar-refractivity contribution in [2.24, 2.45) is 5.84 Å². The molecule has 19 heavy (non-hydrogen) atoms. The minimum absolute atomic E-state index is 0.00417. The van der Waals surface area contributed by atoms with Crippen LogP contribution in [0.1, 0.15) is 23.7 Å². The van der Waals surface area contributed by atoms with Gasteiger partial charge in [0, 0.05) is 11.1 Å². The Bertz CT molecular complexity index is 586. The van der Waals surface area contributed by atoms with Gasteiger partial charge in [0.2, 0.25) is 0 Å². The summed E-state index contributed by atoms with van der Waals surface area (Å²) >= 11 is 13.6. The maximum absolute atomic E-state index is 6.10. The van der Waals surface area contributed by atoms with Crippen molar-refractivity contribution in [3.05, 3.63) is 32.2 Å². The zero-order chi connectivity index (χ0) is 14.0. The fraction of sp³-hybridized carbons (Fsp3) is 0.273. The van der Waals surface area contributed by atoms with Gasteiger partial charge in [-0.15, -0.1) is 11.3 Å². The monoisotopic (exact) mass is 317 g/mol. The Morgan fingerprint density at radius 3 is 2.53 bits per heavy atom. The van der Waals surface area contributed by atoms with Crippen LogP contribution in [0.25, 0.3) is 0 Å². The van der Waals surface area contributed by atoms with Crippen molar-refractivity contribution in [2.45, 2.75) is 19.9 Å². The highest BCUT2D eigenvalue weighted by Gasteiger charge is 2.14. The van der Waals surface area contributed by atoms with Crippen molar-refractivity contribution in [3.63, 3.8) is 0 Å². The van der Waals surface area contributed by atoms with Crippen LogP contribution in [0.2, 0.25) is 10.0 Å². The van der Waals surface area contributed by atoms with E-state index in [0.29, 0.717) is 21.7 Å². The summed E-state index contributed by atoms with van der Waals surface area (Å²) in [6.45, 7) is 3.94. The Labute approximate surface area is 125 Å². The van der Waals surface area contributed by atoms with Crippen LogP contribution in [0.4, 0.5) is 11.6 Å². The predicted molar refractivity (Wildman–Crippen MR) is 81.0 cm³/mol. The lowest BCUT2D eigenvalue weighted by atomic mass is 10.3. The van der Waals surface area contributed by atoms with Crippen LogP contribution in [-0.2, 0) is 0 Å². The maximum Gasteiger partial charge on any atom is 0.161 e. The molecule has 0 aliphatic heterocycles. The minimum atomic E-state index is -0.00417. The Hall–Kier alpha value is -1.08. The summed E-state index contributed by atoms with van der Waals surface area (Å²) in [6, 6.07) is 1.59. The van der Waals surface area contributed by atoms with Gasteiger partial charge in [0.15, 0.2) is 5.82 Å². The van der Waals surface area contributed by atoms with Crippen molar-refractivity contribution >= 4 is 46.2 Å². The third-order valence-electron chi connectivity index (χ3n) is 2.43. The molecule has 0 bridgehead atoms. The maximum atomic E-state index is 6.10. The summed E-state index contributed by atoms with van der Waals surface area (Å²) in [6.07, 6.45) is 0. The molecule has 0 saturated carbocycles. The van der Waals surface area contributed by atoms with Crippen LogP contribution >= 0.6 is 34.5 Å². The zero-order valence-corrected chi connectivity index (χ0v) is 12.7. The second-order valence-electron chi connectivity index (χ2n) is 3.99. The summed E-state index contributed by atoms with van der Waals surface area (Å²) in [5.74, 6) is 6.22. The molecule has 1 atom stereocenters. The Morgan fingerprint density at radius 2 is 1.95 bits per heavy atom. The number of aryl methyl sites for hydroxylation is 1. The van der Waals surface area contributed by atoms with E-state index >= 15 is 0 Å². The zero-order valence-electron chi connectivity index (χ0n) is 10.4. The van der Waals surface area contributed by atoms with Crippen LogP contribution in [-0.4, -0.2) is 9.97 Å². The number of nitrogens with two attached hydrogens (primary N) is 1. The summed E-state index contributed by atoms with van der Waals surface area (Å²) in [5, 5.41) is 6.96. The average Bonchev–Trinajstić information content (AvgIpc) is 2.79. The molecule has 2 aromatic heterocycles. The van der Waals surface area contributed by atoms with Crippen molar-refractivity contribution in [2.75, 3.05) is 10.7 Å². The summed E-state index contributed by atoms with van der Waals surface area (Å²) < 4.78 is 0. The van der Waals surface area contributed by atoms with Gasteiger partial charge >= 0.3 is 0 Å². The molecule has 0 amide bonds. The van der Waals surface area contributed by atoms with Gasteiger partial charge in [0.1, 0.15) is 10.8 Å². The number of rotatable bonds is 4. The molecule has 0 spiro atoms. The highest BCUT2D eigenvalue weighted by molar-refractivity contribution is 7.09. The molecule has 2 heterocycles. The Balaban J connectivity index is 2.23. The van der Waals surface area contributed by atoms with Crippen LogP contribution in [0.15, 0.2) is 11.4 Å². The molecule has 0 fully saturated rings. The van der Waals surface area contributed by atoms with E-state index in [1.165, 1.54) is 0 Å². The van der Waals surface area contributed by atoms with Crippen molar-refractivity contribution in [1.29, 1.82) is 0 Å². The molecule has 4 N–H and O–H groups in total. The molecule has 0 radical (unpaired) electrons. The van der Waals surface area contributed by atoms with Crippen LogP contribution in [0.5, 0.6) is 0 Å². The first-order valence-corrected chi connectivity index (χ1v) is 7.16. The predicted octanol–water partition coefficient (Wildman–Crippen LogP) is 3.61. The van der Waals surface area contributed by atoms with Crippen LogP contribution in [0.3, 0.4) is 0 Å². The van der Waals surface area contributed by atoms with E-state index in [1.54, 1.807) is 17.4 Å². The average molecular weight is 318 g/mol. The largest absolute Gasteiger partial charge is 0.360 e. The lowest BCUT2D eigenvalue weighted by molar-refractivity contribution is 0.855. The van der Waals surface area contributed by atoms with E-state index in [-0.39, 0.29) is 6.04 Å². The second kappa shape index (κ2) is 5.92. The van der Waals surface area contributed by atoms with Crippen molar-refractivity contribution < 1.29 is 0 Å². The van der Waals surface area contributed by atoms with Gasteiger partial charge in [-0.2, -0.15) is 0 Å². The van der Waals surface area contributed by atoms with E-state index in [0.717, 1.165) is 10.7 Å². The highest BCUT2D eigenvalue weighted by Crippen LogP contribution is 2.31. The summed E-state index contributed by atoms with van der Waals surface area (Å²) in [5.41, 5.74) is 3.42. The number of thiazole rings is 1. The molecular formula is C11H13Cl2N5S. The molecule has 5 nitrogen and oxygen atoms in total. The van der Waals surface area contributed by atoms with Crippen LogP contribution < -0.4 is 16.6 Å². The van der Waals surface area contributed by atoms with Gasteiger partial charge < -0.3 is 10.7 Å². The Morgan fingerprint density at radius 1 is 1.26 bits per heavy atom. The number of nitrogens with zero attached hydrogens (tertiary/aromatic N) is 2. The molecule has 0 aliphatic rings. The van der Waals surface area contributed by atoms with Crippen molar-refractivity contribution in [1.82, 2.24) is 9.97 Å². The smallest absolute Gasteiger partial charge is 0.161 e. The minimum Gasteiger partial charge on any atom is -0.360 e. The number of nitrogen functional groups attached to an aromatic ring is 1. The van der Waals surface area contributed by atoms with Gasteiger partial charge in [0.05, 0.1) is 16.1 Å². The molecule has 2 aromatic rings. The summed E-state index contributed by atoms with van der Waals surface area (Å²) in [4.78, 5) is 8.64. The SMILES string of the molecule is Cc1csc(C(C)Nc2nc(NN)c(Cl)cc2Cl)n1. The number of halogens is 2. The first-order chi connectivity index (χ1) is 9.01. The number of hydrazine groups is 1. The van der Waals surface area contributed by atoms with Crippen LogP contribution in [0, 0.1) is 6.92 Å². The van der Waals surface area contributed by atoms with Gasteiger partial charge in [-0.05, 0) is 19.9 Å². The lowest BCUT2D eigenvalue weighted by Gasteiger charge is -2.14. The normalized spacial score (nSPS) is 12.3. The molecule has 8 heteroatoms. The van der Waals surface area contributed by atoms with Gasteiger partial charge in [-0.1, -0.05) is 23.2 Å². The van der Waals surface area contributed by atoms with Crippen molar-refractivity contribution in [3.8, 4) is 0 Å². The van der Waals surface area contributed by atoms with E-state index in [1.807, 2.05) is 19.2 Å². The number of hydrogen-bond acceptors (Lipinski definition) is 6. The molecule has 0 aliphatic carbocycles. The number of pyridine rings is 1. The molecule has 102 valence electrons. The fourth-order valence-electron chi connectivity index (χ4n) is 1.51. The molecule has 0 aromatic carbocycles. The standard InChI is InChI=1S/C11H13Cl2N5S/c1-5-4-19-11(15-5)6(2)16-9-7(12)3-8(13)10(17-9)18-14/h3-4,6H,14H2,1-2H3,(H2,16,17,18). The number of hydrogen-bond donors (Lipinski definition) is 3. The van der Waals surface area contributed by atoms with E-state index in [4.69, 9.17) is 29.0 Å². The number of anilines is 2. The first-order valence-electron chi connectivity index (χ1n) is 5.52.